The highest BCUT2D eigenvalue weighted by Crippen LogP contribution is 2.24. The Morgan fingerprint density at radius 3 is 2.96 bits per heavy atom. The van der Waals surface area contributed by atoms with E-state index in [1.807, 2.05) is 18.4 Å². The Bertz CT molecular complexity index is 913. The maximum absolute atomic E-state index is 13.6. The van der Waals surface area contributed by atoms with Gasteiger partial charge in [0, 0.05) is 17.0 Å². The van der Waals surface area contributed by atoms with E-state index in [1.54, 1.807) is 23.5 Å². The average Bonchev–Trinajstić information content (AvgIpc) is 3.21. The van der Waals surface area contributed by atoms with Crippen molar-refractivity contribution < 1.29 is 13.6 Å². The minimum atomic E-state index is -0.481. The van der Waals surface area contributed by atoms with E-state index in [4.69, 9.17) is 16.0 Å². The van der Waals surface area contributed by atoms with Gasteiger partial charge in [-0.1, -0.05) is 17.7 Å². The molecule has 0 atom stereocenters. The molecule has 0 aliphatic rings. The summed E-state index contributed by atoms with van der Waals surface area (Å²) in [6.45, 7) is 2.14. The molecule has 0 bridgehead atoms. The number of carbonyl (C=O) groups is 1. The molecule has 0 fully saturated rings. The van der Waals surface area contributed by atoms with Gasteiger partial charge in [0.25, 0.3) is 0 Å². The number of hydrogen-bond donors (Lipinski definition) is 1. The first-order valence-corrected chi connectivity index (χ1v) is 8.70. The molecule has 3 rings (SSSR count). The van der Waals surface area contributed by atoms with Crippen LogP contribution in [-0.4, -0.2) is 10.9 Å². The second kappa shape index (κ2) is 7.63. The van der Waals surface area contributed by atoms with Gasteiger partial charge in [-0.2, -0.15) is 0 Å². The first-order chi connectivity index (χ1) is 12.0. The van der Waals surface area contributed by atoms with E-state index in [0.29, 0.717) is 11.5 Å². The molecule has 1 aromatic carbocycles. The van der Waals surface area contributed by atoms with Crippen molar-refractivity contribution in [1.29, 1.82) is 0 Å². The monoisotopic (exact) mass is 376 g/mol. The molecule has 4 nitrogen and oxygen atoms in total. The lowest BCUT2D eigenvalue weighted by atomic mass is 10.2. The number of thiazole rings is 1. The Balaban J connectivity index is 1.59. The molecule has 2 aromatic heterocycles. The summed E-state index contributed by atoms with van der Waals surface area (Å²) in [4.78, 5) is 16.2. The number of nitrogens with one attached hydrogen (secondary N) is 1. The smallest absolute Gasteiger partial charge is 0.244 e. The molecule has 128 valence electrons. The van der Waals surface area contributed by atoms with E-state index in [-0.39, 0.29) is 23.0 Å². The standard InChI is InChI=1S/C18H14ClFN2O2S/c1-11-22-16(10-25-11)17-7-5-12(24-17)9-21-18(23)8-6-13-14(19)3-2-4-15(13)20/h2-8,10H,9H2,1H3,(H,21,23)/b8-6+. The van der Waals surface area contributed by atoms with Gasteiger partial charge in [0.2, 0.25) is 5.91 Å². The molecular formula is C18H14ClFN2O2S. The van der Waals surface area contributed by atoms with Crippen LogP contribution in [0, 0.1) is 12.7 Å². The summed E-state index contributed by atoms with van der Waals surface area (Å²) in [6.07, 6.45) is 2.58. The van der Waals surface area contributed by atoms with Crippen LogP contribution in [-0.2, 0) is 11.3 Å². The normalized spacial score (nSPS) is 11.2. The predicted octanol–water partition coefficient (Wildman–Crippen LogP) is 4.83. The molecule has 0 saturated heterocycles. The molecule has 2 heterocycles. The molecule has 3 aromatic rings. The Morgan fingerprint density at radius 1 is 1.40 bits per heavy atom. The number of amides is 1. The third-order valence-electron chi connectivity index (χ3n) is 3.37. The number of aryl methyl sites for hydroxylation is 1. The van der Waals surface area contributed by atoms with E-state index in [1.165, 1.54) is 24.3 Å². The number of hydrogen-bond acceptors (Lipinski definition) is 4. The van der Waals surface area contributed by atoms with Gasteiger partial charge in [-0.05, 0) is 37.3 Å². The summed E-state index contributed by atoms with van der Waals surface area (Å²) < 4.78 is 19.3. The zero-order valence-electron chi connectivity index (χ0n) is 13.3. The van der Waals surface area contributed by atoms with Gasteiger partial charge in [-0.25, -0.2) is 9.37 Å². The van der Waals surface area contributed by atoms with Crippen molar-refractivity contribution in [2.45, 2.75) is 13.5 Å². The van der Waals surface area contributed by atoms with Crippen molar-refractivity contribution in [2.75, 3.05) is 0 Å². The predicted molar refractivity (Wildman–Crippen MR) is 96.8 cm³/mol. The first kappa shape index (κ1) is 17.4. The van der Waals surface area contributed by atoms with E-state index < -0.39 is 5.82 Å². The zero-order chi connectivity index (χ0) is 17.8. The molecule has 7 heteroatoms. The fourth-order valence-electron chi connectivity index (χ4n) is 2.15. The van der Waals surface area contributed by atoms with Gasteiger partial charge in [0.05, 0.1) is 16.6 Å². The van der Waals surface area contributed by atoms with E-state index in [0.717, 1.165) is 10.7 Å². The molecule has 0 aliphatic heterocycles. The highest BCUT2D eigenvalue weighted by molar-refractivity contribution is 7.09. The SMILES string of the molecule is Cc1nc(-c2ccc(CNC(=O)/C=C/c3c(F)cccc3Cl)o2)cs1. The topological polar surface area (TPSA) is 55.1 Å². The highest BCUT2D eigenvalue weighted by Gasteiger charge is 2.09. The fraction of sp³-hybridized carbons (Fsp3) is 0.111. The quantitative estimate of drug-likeness (QED) is 0.648. The number of aromatic nitrogens is 1. The van der Waals surface area contributed by atoms with Gasteiger partial charge in [-0.15, -0.1) is 11.3 Å². The minimum Gasteiger partial charge on any atom is -0.458 e. The molecule has 25 heavy (non-hydrogen) atoms. The van der Waals surface area contributed by atoms with Crippen LogP contribution in [0.15, 0.2) is 46.2 Å². The van der Waals surface area contributed by atoms with Crippen LogP contribution in [0.2, 0.25) is 5.02 Å². The molecule has 0 spiro atoms. The zero-order valence-corrected chi connectivity index (χ0v) is 14.8. The largest absolute Gasteiger partial charge is 0.458 e. The summed E-state index contributed by atoms with van der Waals surface area (Å²) in [5, 5.41) is 5.79. The molecule has 1 amide bonds. The Morgan fingerprint density at radius 2 is 2.24 bits per heavy atom. The number of nitrogens with zero attached hydrogens (tertiary/aromatic N) is 1. The van der Waals surface area contributed by atoms with Gasteiger partial charge in [0.15, 0.2) is 5.76 Å². The third kappa shape index (κ3) is 4.35. The Hall–Kier alpha value is -2.44. The van der Waals surface area contributed by atoms with Crippen LogP contribution in [0.3, 0.4) is 0 Å². The van der Waals surface area contributed by atoms with E-state index in [2.05, 4.69) is 10.3 Å². The summed E-state index contributed by atoms with van der Waals surface area (Å²) in [6, 6.07) is 7.95. The fourth-order valence-corrected chi connectivity index (χ4v) is 2.98. The average molecular weight is 377 g/mol. The number of carbonyl (C=O) groups excluding carboxylic acids is 1. The first-order valence-electron chi connectivity index (χ1n) is 7.44. The number of halogens is 2. The van der Waals surface area contributed by atoms with Crippen LogP contribution in [0.25, 0.3) is 17.5 Å². The maximum atomic E-state index is 13.6. The van der Waals surface area contributed by atoms with Crippen molar-refractivity contribution in [1.82, 2.24) is 10.3 Å². The number of rotatable bonds is 5. The lowest BCUT2D eigenvalue weighted by Crippen LogP contribution is -2.19. The van der Waals surface area contributed by atoms with Crippen LogP contribution in [0.4, 0.5) is 4.39 Å². The van der Waals surface area contributed by atoms with Crippen LogP contribution in [0.1, 0.15) is 16.3 Å². The maximum Gasteiger partial charge on any atom is 0.244 e. The summed E-state index contributed by atoms with van der Waals surface area (Å²) in [7, 11) is 0. The third-order valence-corrected chi connectivity index (χ3v) is 4.47. The number of benzene rings is 1. The number of furan rings is 1. The van der Waals surface area contributed by atoms with Crippen molar-refractivity contribution in [3.63, 3.8) is 0 Å². The van der Waals surface area contributed by atoms with Crippen molar-refractivity contribution >= 4 is 34.9 Å². The minimum absolute atomic E-state index is 0.179. The second-order valence-corrected chi connectivity index (χ2v) is 6.67. The van der Waals surface area contributed by atoms with E-state index in [9.17, 15) is 9.18 Å². The van der Waals surface area contributed by atoms with Crippen molar-refractivity contribution in [2.24, 2.45) is 0 Å². The Kier molecular flexibility index (Phi) is 5.31. The van der Waals surface area contributed by atoms with Crippen LogP contribution < -0.4 is 5.32 Å². The van der Waals surface area contributed by atoms with Crippen LogP contribution in [0.5, 0.6) is 0 Å². The highest BCUT2D eigenvalue weighted by atomic mass is 35.5. The molecule has 0 saturated carbocycles. The summed E-state index contributed by atoms with van der Waals surface area (Å²) in [5.74, 6) is 0.404. The lowest BCUT2D eigenvalue weighted by Gasteiger charge is -2.01. The van der Waals surface area contributed by atoms with Gasteiger partial charge >= 0.3 is 0 Å². The van der Waals surface area contributed by atoms with Crippen LogP contribution >= 0.6 is 22.9 Å². The lowest BCUT2D eigenvalue weighted by molar-refractivity contribution is -0.116. The molecule has 1 N–H and O–H groups in total. The second-order valence-electron chi connectivity index (χ2n) is 5.20. The van der Waals surface area contributed by atoms with Gasteiger partial charge in [-0.3, -0.25) is 4.79 Å². The molecule has 0 aliphatic carbocycles. The van der Waals surface area contributed by atoms with Gasteiger partial charge < -0.3 is 9.73 Å². The van der Waals surface area contributed by atoms with Crippen molar-refractivity contribution in [3.8, 4) is 11.5 Å². The summed E-state index contributed by atoms with van der Waals surface area (Å²) >= 11 is 7.45. The Labute approximate surface area is 153 Å². The van der Waals surface area contributed by atoms with Crippen molar-refractivity contribution in [3.05, 3.63) is 69.0 Å². The van der Waals surface area contributed by atoms with Gasteiger partial charge in [0.1, 0.15) is 17.3 Å². The summed E-state index contributed by atoms with van der Waals surface area (Å²) in [5.41, 5.74) is 0.952. The molecule has 0 unspecified atom stereocenters. The molecule has 0 radical (unpaired) electrons. The molecular weight excluding hydrogens is 363 g/mol. The van der Waals surface area contributed by atoms with E-state index >= 15 is 0 Å².